The van der Waals surface area contributed by atoms with E-state index in [0.29, 0.717) is 28.2 Å². The van der Waals surface area contributed by atoms with Gasteiger partial charge in [-0.25, -0.2) is 4.99 Å². The van der Waals surface area contributed by atoms with Gasteiger partial charge < -0.3 is 4.74 Å². The summed E-state index contributed by atoms with van der Waals surface area (Å²) in [6, 6.07) is 14.9. The Labute approximate surface area is 162 Å². The number of hydrogen-bond acceptors (Lipinski definition) is 4. The number of ether oxygens (including phenoxy) is 1. The third-order valence-electron chi connectivity index (χ3n) is 3.74. The number of nitrogens with zero attached hydrogens (tertiary/aromatic N) is 2. The van der Waals surface area contributed by atoms with E-state index in [1.165, 1.54) is 11.8 Å². The molecule has 1 amide bonds. The molecule has 134 valence electrons. The molecule has 0 saturated carbocycles. The van der Waals surface area contributed by atoms with E-state index in [1.54, 1.807) is 17.0 Å². The van der Waals surface area contributed by atoms with Crippen molar-refractivity contribution >= 4 is 46.2 Å². The van der Waals surface area contributed by atoms with Crippen LogP contribution in [-0.2, 0) is 4.79 Å². The van der Waals surface area contributed by atoms with Gasteiger partial charge in [-0.05, 0) is 73.6 Å². The van der Waals surface area contributed by atoms with Crippen molar-refractivity contribution in [2.24, 2.45) is 4.99 Å². The molecule has 1 aliphatic heterocycles. The standard InChI is InChI=1S/C20H19ClN2O2S/c1-3-23-19(24)18(13-14-5-11-17(12-6-14)25-4-2)26-20(23)22-16-9-7-15(21)8-10-16/h5-13H,3-4H2,1-2H3/b18-13+,22-20?. The minimum Gasteiger partial charge on any atom is -0.494 e. The van der Waals surface area contributed by atoms with Crippen LogP contribution in [0.15, 0.2) is 58.4 Å². The highest BCUT2D eigenvalue weighted by Crippen LogP contribution is 2.34. The molecule has 0 atom stereocenters. The summed E-state index contributed by atoms with van der Waals surface area (Å²) in [5.74, 6) is 0.791. The fourth-order valence-corrected chi connectivity index (χ4v) is 3.66. The zero-order chi connectivity index (χ0) is 18.5. The average Bonchev–Trinajstić information content (AvgIpc) is 2.93. The summed E-state index contributed by atoms with van der Waals surface area (Å²) in [7, 11) is 0. The van der Waals surface area contributed by atoms with Crippen LogP contribution in [0.1, 0.15) is 19.4 Å². The molecule has 3 rings (SSSR count). The van der Waals surface area contributed by atoms with Crippen LogP contribution in [-0.4, -0.2) is 29.1 Å². The van der Waals surface area contributed by atoms with Gasteiger partial charge in [0.2, 0.25) is 0 Å². The van der Waals surface area contributed by atoms with Crippen molar-refractivity contribution in [3.8, 4) is 5.75 Å². The van der Waals surface area contributed by atoms with Gasteiger partial charge in [0.05, 0.1) is 17.2 Å². The largest absolute Gasteiger partial charge is 0.494 e. The molecule has 0 unspecified atom stereocenters. The fraction of sp³-hybridized carbons (Fsp3) is 0.200. The second-order valence-corrected chi connectivity index (χ2v) is 6.98. The zero-order valence-electron chi connectivity index (χ0n) is 14.6. The van der Waals surface area contributed by atoms with Gasteiger partial charge in [-0.3, -0.25) is 9.69 Å². The lowest BCUT2D eigenvalue weighted by atomic mass is 10.2. The van der Waals surface area contributed by atoms with E-state index >= 15 is 0 Å². The third kappa shape index (κ3) is 4.29. The Bertz CT molecular complexity index is 845. The minimum absolute atomic E-state index is 0.0286. The predicted octanol–water partition coefficient (Wildman–Crippen LogP) is 5.36. The van der Waals surface area contributed by atoms with Crippen molar-refractivity contribution in [2.75, 3.05) is 13.2 Å². The Morgan fingerprint density at radius 3 is 2.42 bits per heavy atom. The van der Waals surface area contributed by atoms with Crippen molar-refractivity contribution in [2.45, 2.75) is 13.8 Å². The van der Waals surface area contributed by atoms with E-state index in [1.807, 2.05) is 56.3 Å². The van der Waals surface area contributed by atoms with E-state index in [-0.39, 0.29) is 5.91 Å². The number of rotatable bonds is 5. The number of amidine groups is 1. The number of aliphatic imine (C=N–C) groups is 1. The van der Waals surface area contributed by atoms with E-state index in [9.17, 15) is 4.79 Å². The molecule has 2 aromatic rings. The maximum absolute atomic E-state index is 12.7. The molecule has 0 aliphatic carbocycles. The van der Waals surface area contributed by atoms with Crippen LogP contribution in [0.25, 0.3) is 6.08 Å². The third-order valence-corrected chi connectivity index (χ3v) is 5.00. The lowest BCUT2D eigenvalue weighted by molar-refractivity contribution is -0.122. The molecule has 1 fully saturated rings. The number of thioether (sulfide) groups is 1. The highest BCUT2D eigenvalue weighted by atomic mass is 35.5. The molecule has 0 bridgehead atoms. The summed E-state index contributed by atoms with van der Waals surface area (Å²) in [5, 5.41) is 1.34. The van der Waals surface area contributed by atoms with Crippen LogP contribution in [0.3, 0.4) is 0 Å². The molecule has 0 N–H and O–H groups in total. The molecule has 6 heteroatoms. The normalized spacial score (nSPS) is 17.3. The summed E-state index contributed by atoms with van der Waals surface area (Å²) in [4.78, 5) is 19.6. The Morgan fingerprint density at radius 2 is 1.81 bits per heavy atom. The maximum Gasteiger partial charge on any atom is 0.266 e. The van der Waals surface area contributed by atoms with Crippen molar-refractivity contribution in [3.05, 3.63) is 64.0 Å². The Morgan fingerprint density at radius 1 is 1.12 bits per heavy atom. The summed E-state index contributed by atoms with van der Waals surface area (Å²) in [6.07, 6.45) is 1.88. The van der Waals surface area contributed by atoms with Crippen molar-refractivity contribution in [3.63, 3.8) is 0 Å². The SMILES string of the molecule is CCOc1ccc(/C=C2/SC(=Nc3ccc(Cl)cc3)N(CC)C2=O)cc1. The molecule has 2 aromatic carbocycles. The molecule has 0 aromatic heterocycles. The molecular formula is C20H19ClN2O2S. The topological polar surface area (TPSA) is 41.9 Å². The second-order valence-electron chi connectivity index (χ2n) is 5.53. The minimum atomic E-state index is -0.0286. The summed E-state index contributed by atoms with van der Waals surface area (Å²) in [5.41, 5.74) is 1.72. The molecule has 0 spiro atoms. The molecule has 1 saturated heterocycles. The van der Waals surface area contributed by atoms with Crippen LogP contribution in [0.2, 0.25) is 5.02 Å². The van der Waals surface area contributed by atoms with Crippen molar-refractivity contribution in [1.29, 1.82) is 0 Å². The Kier molecular flexibility index (Phi) is 6.01. The summed E-state index contributed by atoms with van der Waals surface area (Å²) in [6.45, 7) is 5.09. The zero-order valence-corrected chi connectivity index (χ0v) is 16.2. The summed E-state index contributed by atoms with van der Waals surface area (Å²) >= 11 is 7.30. The maximum atomic E-state index is 12.7. The molecule has 0 radical (unpaired) electrons. The van der Waals surface area contributed by atoms with E-state index in [0.717, 1.165) is 17.0 Å². The highest BCUT2D eigenvalue weighted by molar-refractivity contribution is 8.18. The number of carbonyl (C=O) groups is 1. The van der Waals surface area contributed by atoms with Crippen LogP contribution in [0.5, 0.6) is 5.75 Å². The first-order valence-electron chi connectivity index (χ1n) is 8.39. The van der Waals surface area contributed by atoms with E-state index < -0.39 is 0 Å². The van der Waals surface area contributed by atoms with Crippen LogP contribution >= 0.6 is 23.4 Å². The number of hydrogen-bond donors (Lipinski definition) is 0. The first-order valence-corrected chi connectivity index (χ1v) is 9.58. The van der Waals surface area contributed by atoms with Gasteiger partial charge >= 0.3 is 0 Å². The smallest absolute Gasteiger partial charge is 0.266 e. The van der Waals surface area contributed by atoms with E-state index in [4.69, 9.17) is 16.3 Å². The monoisotopic (exact) mass is 386 g/mol. The van der Waals surface area contributed by atoms with Gasteiger partial charge in [0.15, 0.2) is 5.17 Å². The van der Waals surface area contributed by atoms with Crippen molar-refractivity contribution < 1.29 is 9.53 Å². The Hall–Kier alpha value is -2.24. The lowest BCUT2D eigenvalue weighted by Crippen LogP contribution is -2.28. The number of halogens is 1. The Balaban J connectivity index is 1.85. The van der Waals surface area contributed by atoms with Gasteiger partial charge in [-0.1, -0.05) is 23.7 Å². The highest BCUT2D eigenvalue weighted by Gasteiger charge is 2.32. The van der Waals surface area contributed by atoms with Gasteiger partial charge in [0.1, 0.15) is 5.75 Å². The lowest BCUT2D eigenvalue weighted by Gasteiger charge is -2.11. The summed E-state index contributed by atoms with van der Waals surface area (Å²) < 4.78 is 5.45. The van der Waals surface area contributed by atoms with E-state index in [2.05, 4.69) is 4.99 Å². The molecule has 26 heavy (non-hydrogen) atoms. The van der Waals surface area contributed by atoms with Gasteiger partial charge in [0, 0.05) is 11.6 Å². The quantitative estimate of drug-likeness (QED) is 0.649. The molecule has 1 heterocycles. The molecule has 1 aliphatic rings. The van der Waals surface area contributed by atoms with Crippen LogP contribution in [0, 0.1) is 0 Å². The van der Waals surface area contributed by atoms with Gasteiger partial charge in [-0.15, -0.1) is 0 Å². The average molecular weight is 387 g/mol. The number of carbonyl (C=O) groups excluding carboxylic acids is 1. The number of likely N-dealkylation sites (N-methyl/N-ethyl adjacent to an activating group) is 1. The van der Waals surface area contributed by atoms with Gasteiger partial charge in [0.25, 0.3) is 5.91 Å². The first-order chi connectivity index (χ1) is 12.6. The number of benzene rings is 2. The van der Waals surface area contributed by atoms with Crippen LogP contribution < -0.4 is 4.74 Å². The van der Waals surface area contributed by atoms with Gasteiger partial charge in [-0.2, -0.15) is 0 Å². The predicted molar refractivity (Wildman–Crippen MR) is 109 cm³/mol. The van der Waals surface area contributed by atoms with Crippen LogP contribution in [0.4, 0.5) is 5.69 Å². The van der Waals surface area contributed by atoms with Crippen molar-refractivity contribution in [1.82, 2.24) is 4.90 Å². The molecule has 4 nitrogen and oxygen atoms in total. The number of amides is 1. The molecular weight excluding hydrogens is 368 g/mol. The fourth-order valence-electron chi connectivity index (χ4n) is 2.47. The second kappa shape index (κ2) is 8.43. The first kappa shape index (κ1) is 18.5.